The van der Waals surface area contributed by atoms with Crippen molar-refractivity contribution in [3.8, 4) is 0 Å². The van der Waals surface area contributed by atoms with Crippen LogP contribution in [0.5, 0.6) is 0 Å². The normalized spacial score (nSPS) is 12.9. The Hall–Kier alpha value is -0.930. The van der Waals surface area contributed by atoms with Gasteiger partial charge in [-0.3, -0.25) is 4.98 Å². The molecule has 0 saturated heterocycles. The first kappa shape index (κ1) is 9.16. The van der Waals surface area contributed by atoms with E-state index in [0.29, 0.717) is 6.42 Å². The predicted molar refractivity (Wildman–Crippen MR) is 47.6 cm³/mol. The van der Waals surface area contributed by atoms with Gasteiger partial charge >= 0.3 is 0 Å². The molecule has 0 aromatic carbocycles. The third-order valence-electron chi connectivity index (χ3n) is 1.89. The van der Waals surface area contributed by atoms with Crippen LogP contribution in [0, 0.1) is 6.92 Å². The minimum Gasteiger partial charge on any atom is -0.396 e. The number of hydrogen-bond acceptors (Lipinski definition) is 3. The lowest BCUT2D eigenvalue weighted by molar-refractivity contribution is 0.276. The van der Waals surface area contributed by atoms with Crippen molar-refractivity contribution in [2.75, 3.05) is 6.61 Å². The standard InChI is InChI=1S/C9H14N2O/c1-7-8(3-2-5-11-7)9(10)4-6-12/h2-3,5,9,12H,4,6,10H2,1H3/t9-/m0/s1. The van der Waals surface area contributed by atoms with E-state index in [1.54, 1.807) is 6.20 Å². The summed E-state index contributed by atoms with van der Waals surface area (Å²) < 4.78 is 0. The molecule has 0 spiro atoms. The molecule has 0 aliphatic rings. The Morgan fingerprint density at radius 2 is 2.42 bits per heavy atom. The second-order valence-electron chi connectivity index (χ2n) is 2.80. The number of nitrogens with two attached hydrogens (primary N) is 1. The van der Waals surface area contributed by atoms with E-state index >= 15 is 0 Å². The first-order valence-electron chi connectivity index (χ1n) is 4.03. The average molecular weight is 166 g/mol. The molecule has 1 aromatic heterocycles. The van der Waals surface area contributed by atoms with E-state index in [-0.39, 0.29) is 12.6 Å². The van der Waals surface area contributed by atoms with Crippen molar-refractivity contribution < 1.29 is 5.11 Å². The lowest BCUT2D eigenvalue weighted by Crippen LogP contribution is -2.13. The van der Waals surface area contributed by atoms with Gasteiger partial charge in [0.1, 0.15) is 0 Å². The van der Waals surface area contributed by atoms with E-state index in [4.69, 9.17) is 10.8 Å². The molecular formula is C9H14N2O. The van der Waals surface area contributed by atoms with Crippen molar-refractivity contribution in [2.45, 2.75) is 19.4 Å². The van der Waals surface area contributed by atoms with Crippen molar-refractivity contribution >= 4 is 0 Å². The maximum atomic E-state index is 8.69. The SMILES string of the molecule is Cc1ncccc1[C@@H](N)CCO. The van der Waals surface area contributed by atoms with Crippen LogP contribution in [0.2, 0.25) is 0 Å². The maximum absolute atomic E-state index is 8.69. The number of nitrogens with zero attached hydrogens (tertiary/aromatic N) is 1. The number of pyridine rings is 1. The van der Waals surface area contributed by atoms with Gasteiger partial charge in [0.15, 0.2) is 0 Å². The molecule has 1 heterocycles. The summed E-state index contributed by atoms with van der Waals surface area (Å²) in [4.78, 5) is 4.12. The smallest absolute Gasteiger partial charge is 0.0449 e. The molecule has 0 bridgehead atoms. The highest BCUT2D eigenvalue weighted by Gasteiger charge is 2.07. The molecule has 1 aromatic rings. The molecule has 12 heavy (non-hydrogen) atoms. The minimum atomic E-state index is -0.0938. The molecule has 3 nitrogen and oxygen atoms in total. The molecule has 0 aliphatic heterocycles. The molecule has 3 heteroatoms. The van der Waals surface area contributed by atoms with Crippen LogP contribution in [-0.4, -0.2) is 16.7 Å². The molecular weight excluding hydrogens is 152 g/mol. The molecule has 0 saturated carbocycles. The van der Waals surface area contributed by atoms with Crippen LogP contribution in [-0.2, 0) is 0 Å². The number of aromatic nitrogens is 1. The summed E-state index contributed by atoms with van der Waals surface area (Å²) in [6, 6.07) is 3.71. The lowest BCUT2D eigenvalue weighted by Gasteiger charge is -2.11. The van der Waals surface area contributed by atoms with Crippen LogP contribution in [0.3, 0.4) is 0 Å². The number of aliphatic hydroxyl groups excluding tert-OH is 1. The number of aryl methyl sites for hydroxylation is 1. The van der Waals surface area contributed by atoms with Gasteiger partial charge in [-0.05, 0) is 25.0 Å². The zero-order valence-corrected chi connectivity index (χ0v) is 7.20. The molecule has 0 aliphatic carbocycles. The fraction of sp³-hybridized carbons (Fsp3) is 0.444. The van der Waals surface area contributed by atoms with Gasteiger partial charge in [-0.2, -0.15) is 0 Å². The molecule has 0 amide bonds. The summed E-state index contributed by atoms with van der Waals surface area (Å²) >= 11 is 0. The Balaban J connectivity index is 2.79. The van der Waals surface area contributed by atoms with Gasteiger partial charge in [0.25, 0.3) is 0 Å². The summed E-state index contributed by atoms with van der Waals surface area (Å²) in [5, 5.41) is 8.69. The quantitative estimate of drug-likeness (QED) is 0.697. The first-order valence-corrected chi connectivity index (χ1v) is 4.03. The molecule has 0 radical (unpaired) electrons. The molecule has 0 unspecified atom stereocenters. The van der Waals surface area contributed by atoms with Gasteiger partial charge in [-0.15, -0.1) is 0 Å². The highest BCUT2D eigenvalue weighted by molar-refractivity contribution is 5.21. The van der Waals surface area contributed by atoms with E-state index in [1.807, 2.05) is 19.1 Å². The van der Waals surface area contributed by atoms with Crippen LogP contribution >= 0.6 is 0 Å². The predicted octanol–water partition coefficient (Wildman–Crippen LogP) is 0.772. The van der Waals surface area contributed by atoms with Gasteiger partial charge in [0.05, 0.1) is 0 Å². The topological polar surface area (TPSA) is 59.1 Å². The van der Waals surface area contributed by atoms with Gasteiger partial charge < -0.3 is 10.8 Å². The summed E-state index contributed by atoms with van der Waals surface area (Å²) in [5.74, 6) is 0. The Kier molecular flexibility index (Phi) is 3.19. The molecule has 0 fully saturated rings. The van der Waals surface area contributed by atoms with Crippen LogP contribution in [0.4, 0.5) is 0 Å². The van der Waals surface area contributed by atoms with Gasteiger partial charge in [0, 0.05) is 24.5 Å². The molecule has 3 N–H and O–H groups in total. The second-order valence-corrected chi connectivity index (χ2v) is 2.80. The fourth-order valence-corrected chi connectivity index (χ4v) is 1.18. The summed E-state index contributed by atoms with van der Waals surface area (Å²) in [6.45, 7) is 2.04. The number of aliphatic hydroxyl groups is 1. The second kappa shape index (κ2) is 4.18. The first-order chi connectivity index (χ1) is 5.75. The number of hydrogen-bond donors (Lipinski definition) is 2. The third-order valence-corrected chi connectivity index (χ3v) is 1.89. The molecule has 66 valence electrons. The summed E-state index contributed by atoms with van der Waals surface area (Å²) in [7, 11) is 0. The summed E-state index contributed by atoms with van der Waals surface area (Å²) in [5.41, 5.74) is 7.77. The zero-order valence-electron chi connectivity index (χ0n) is 7.20. The van der Waals surface area contributed by atoms with E-state index in [2.05, 4.69) is 4.98 Å². The van der Waals surface area contributed by atoms with E-state index < -0.39 is 0 Å². The minimum absolute atomic E-state index is 0.0938. The molecule has 1 atom stereocenters. The maximum Gasteiger partial charge on any atom is 0.0449 e. The Bertz CT molecular complexity index is 250. The van der Waals surface area contributed by atoms with Crippen LogP contribution in [0.1, 0.15) is 23.7 Å². The third kappa shape index (κ3) is 2.03. The van der Waals surface area contributed by atoms with Crippen molar-refractivity contribution in [3.63, 3.8) is 0 Å². The van der Waals surface area contributed by atoms with E-state index in [0.717, 1.165) is 11.3 Å². The summed E-state index contributed by atoms with van der Waals surface area (Å²) in [6.07, 6.45) is 2.33. The Labute approximate surface area is 72.2 Å². The Morgan fingerprint density at radius 3 is 3.00 bits per heavy atom. The van der Waals surface area contributed by atoms with Gasteiger partial charge in [-0.1, -0.05) is 6.07 Å². The van der Waals surface area contributed by atoms with Crippen molar-refractivity contribution in [1.29, 1.82) is 0 Å². The fourth-order valence-electron chi connectivity index (χ4n) is 1.18. The van der Waals surface area contributed by atoms with E-state index in [9.17, 15) is 0 Å². The van der Waals surface area contributed by atoms with E-state index in [1.165, 1.54) is 0 Å². The van der Waals surface area contributed by atoms with Crippen LogP contribution in [0.25, 0.3) is 0 Å². The van der Waals surface area contributed by atoms with Gasteiger partial charge in [0.2, 0.25) is 0 Å². The van der Waals surface area contributed by atoms with Gasteiger partial charge in [-0.25, -0.2) is 0 Å². The molecule has 1 rings (SSSR count). The Morgan fingerprint density at radius 1 is 1.67 bits per heavy atom. The van der Waals surface area contributed by atoms with Crippen LogP contribution < -0.4 is 5.73 Å². The van der Waals surface area contributed by atoms with Crippen molar-refractivity contribution in [1.82, 2.24) is 4.98 Å². The number of rotatable bonds is 3. The highest BCUT2D eigenvalue weighted by Crippen LogP contribution is 2.15. The largest absolute Gasteiger partial charge is 0.396 e. The zero-order chi connectivity index (χ0) is 8.97. The monoisotopic (exact) mass is 166 g/mol. The van der Waals surface area contributed by atoms with Crippen LogP contribution in [0.15, 0.2) is 18.3 Å². The van der Waals surface area contributed by atoms with Crippen molar-refractivity contribution in [3.05, 3.63) is 29.6 Å². The van der Waals surface area contributed by atoms with Crippen molar-refractivity contribution in [2.24, 2.45) is 5.73 Å². The average Bonchev–Trinajstić information content (AvgIpc) is 2.05. The lowest BCUT2D eigenvalue weighted by atomic mass is 10.0. The highest BCUT2D eigenvalue weighted by atomic mass is 16.3.